The molecule has 4 heterocycles. The molecule has 5 rings (SSSR count). The summed E-state index contributed by atoms with van der Waals surface area (Å²) in [4.78, 5) is 29.4. The van der Waals surface area contributed by atoms with E-state index in [-0.39, 0.29) is 5.91 Å². The second-order valence-electron chi connectivity index (χ2n) is 8.38. The van der Waals surface area contributed by atoms with Gasteiger partial charge in [-0.1, -0.05) is 12.1 Å². The third-order valence-corrected chi connectivity index (χ3v) is 6.64. The zero-order valence-corrected chi connectivity index (χ0v) is 15.2. The highest BCUT2D eigenvalue weighted by molar-refractivity contribution is 5.80. The van der Waals surface area contributed by atoms with E-state index in [2.05, 4.69) is 15.9 Å². The van der Waals surface area contributed by atoms with E-state index in [4.69, 9.17) is 4.74 Å². The Hall–Kier alpha value is -2.04. The van der Waals surface area contributed by atoms with Gasteiger partial charge in [0.1, 0.15) is 5.75 Å². The molecule has 0 N–H and O–H groups in total. The second kappa shape index (κ2) is 6.29. The molecular weight excluding hydrogens is 328 g/mol. The van der Waals surface area contributed by atoms with Gasteiger partial charge < -0.3 is 14.5 Å². The van der Waals surface area contributed by atoms with Gasteiger partial charge in [0, 0.05) is 38.5 Å². The van der Waals surface area contributed by atoms with Crippen molar-refractivity contribution in [3.63, 3.8) is 0 Å². The van der Waals surface area contributed by atoms with Crippen LogP contribution in [-0.4, -0.2) is 53.9 Å². The van der Waals surface area contributed by atoms with Crippen molar-refractivity contribution in [3.8, 4) is 5.75 Å². The Kier molecular flexibility index (Phi) is 3.91. The van der Waals surface area contributed by atoms with E-state index < -0.39 is 0 Å². The Morgan fingerprint density at radius 1 is 1.19 bits per heavy atom. The molecule has 0 saturated carbocycles. The molecule has 0 radical (unpaired) electrons. The van der Waals surface area contributed by atoms with Crippen LogP contribution in [0.15, 0.2) is 18.2 Å². The van der Waals surface area contributed by atoms with Gasteiger partial charge in [-0.25, -0.2) is 0 Å². The van der Waals surface area contributed by atoms with Crippen LogP contribution in [-0.2, 0) is 22.4 Å². The average Bonchev–Trinajstić information content (AvgIpc) is 3.10. The van der Waals surface area contributed by atoms with Gasteiger partial charge in [0.15, 0.2) is 0 Å². The van der Waals surface area contributed by atoms with Crippen LogP contribution >= 0.6 is 0 Å². The van der Waals surface area contributed by atoms with E-state index in [0.29, 0.717) is 36.6 Å². The summed E-state index contributed by atoms with van der Waals surface area (Å²) in [6.45, 7) is 3.22. The van der Waals surface area contributed by atoms with Crippen molar-refractivity contribution in [2.75, 3.05) is 26.2 Å². The summed E-state index contributed by atoms with van der Waals surface area (Å²) in [5, 5.41) is 0. The summed E-state index contributed by atoms with van der Waals surface area (Å²) in [7, 11) is 0. The molecule has 0 aromatic heterocycles. The first-order valence-corrected chi connectivity index (χ1v) is 9.99. The summed E-state index contributed by atoms with van der Waals surface area (Å²) in [5.74, 6) is 2.44. The van der Waals surface area contributed by atoms with Crippen LogP contribution < -0.4 is 4.74 Å². The first kappa shape index (κ1) is 16.2. The third-order valence-electron chi connectivity index (χ3n) is 6.64. The number of ether oxygens (including phenoxy) is 1. The van der Waals surface area contributed by atoms with Crippen molar-refractivity contribution in [2.24, 2.45) is 11.8 Å². The molecule has 0 spiro atoms. The normalized spacial score (nSPS) is 29.8. The lowest BCUT2D eigenvalue weighted by atomic mass is 9.76. The number of benzene rings is 1. The second-order valence-corrected chi connectivity index (χ2v) is 8.38. The number of fused-ring (bicyclic) bond motifs is 5. The van der Waals surface area contributed by atoms with Crippen molar-refractivity contribution in [1.29, 1.82) is 0 Å². The molecule has 3 fully saturated rings. The molecule has 3 atom stereocenters. The van der Waals surface area contributed by atoms with Crippen LogP contribution in [0.25, 0.3) is 0 Å². The van der Waals surface area contributed by atoms with Crippen LogP contribution in [0.5, 0.6) is 5.75 Å². The Balaban J connectivity index is 1.28. The number of carbonyl (C=O) groups excluding carboxylic acids is 2. The molecule has 5 heteroatoms. The lowest BCUT2D eigenvalue weighted by Crippen LogP contribution is -2.61. The SMILES string of the molecule is O=C(Cc1ccc2c(c1)CCO2)N1C[C@H]2C[C@@H](C1)[C@@H]1CCCC(=O)N1C2. The summed E-state index contributed by atoms with van der Waals surface area (Å²) in [5.41, 5.74) is 2.31. The zero-order chi connectivity index (χ0) is 17.7. The maximum absolute atomic E-state index is 12.9. The molecule has 5 nitrogen and oxygen atoms in total. The van der Waals surface area contributed by atoms with Gasteiger partial charge in [0.05, 0.1) is 13.0 Å². The van der Waals surface area contributed by atoms with E-state index in [1.807, 2.05) is 12.1 Å². The molecular formula is C21H26N2O3. The van der Waals surface area contributed by atoms with Gasteiger partial charge in [-0.15, -0.1) is 0 Å². The molecule has 2 bridgehead atoms. The molecule has 1 aromatic rings. The van der Waals surface area contributed by atoms with Crippen molar-refractivity contribution in [2.45, 2.75) is 44.6 Å². The van der Waals surface area contributed by atoms with E-state index in [1.54, 1.807) is 0 Å². The Morgan fingerprint density at radius 2 is 2.12 bits per heavy atom. The van der Waals surface area contributed by atoms with Crippen molar-refractivity contribution >= 4 is 11.8 Å². The standard InChI is InChI=1S/C21H26N2O3/c24-20-3-1-2-18-17-9-15(12-23(18)20)11-22(13-17)21(25)10-14-4-5-19-16(8-14)6-7-26-19/h4-5,8,15,17-18H,1-3,6-7,9-13H2/t15-,17+,18+/m1/s1. The van der Waals surface area contributed by atoms with Crippen LogP contribution in [0.1, 0.15) is 36.8 Å². The Bertz CT molecular complexity index is 747. The maximum atomic E-state index is 12.9. The fourth-order valence-electron chi connectivity index (χ4n) is 5.45. The van der Waals surface area contributed by atoms with Gasteiger partial charge in [0.25, 0.3) is 0 Å². The lowest BCUT2D eigenvalue weighted by Gasteiger charge is -2.52. The highest BCUT2D eigenvalue weighted by atomic mass is 16.5. The number of rotatable bonds is 2. The monoisotopic (exact) mass is 354 g/mol. The van der Waals surface area contributed by atoms with E-state index >= 15 is 0 Å². The maximum Gasteiger partial charge on any atom is 0.227 e. The quantitative estimate of drug-likeness (QED) is 0.816. The van der Waals surface area contributed by atoms with E-state index in [1.165, 1.54) is 12.0 Å². The number of nitrogens with zero attached hydrogens (tertiary/aromatic N) is 2. The molecule has 2 amide bonds. The highest BCUT2D eigenvalue weighted by Gasteiger charge is 2.44. The van der Waals surface area contributed by atoms with Gasteiger partial charge in [-0.3, -0.25) is 9.59 Å². The first-order valence-electron chi connectivity index (χ1n) is 9.99. The number of hydrogen-bond acceptors (Lipinski definition) is 3. The largest absolute Gasteiger partial charge is 0.493 e. The molecule has 0 aliphatic carbocycles. The number of carbonyl (C=O) groups is 2. The fourth-order valence-corrected chi connectivity index (χ4v) is 5.45. The summed E-state index contributed by atoms with van der Waals surface area (Å²) >= 11 is 0. The number of amides is 2. The van der Waals surface area contributed by atoms with E-state index in [0.717, 1.165) is 56.8 Å². The van der Waals surface area contributed by atoms with Crippen molar-refractivity contribution < 1.29 is 14.3 Å². The lowest BCUT2D eigenvalue weighted by molar-refractivity contribution is -0.148. The topological polar surface area (TPSA) is 49.9 Å². The Labute approximate surface area is 154 Å². The number of likely N-dealkylation sites (tertiary alicyclic amines) is 1. The van der Waals surface area contributed by atoms with Gasteiger partial charge in [-0.05, 0) is 48.3 Å². The van der Waals surface area contributed by atoms with Gasteiger partial charge >= 0.3 is 0 Å². The Morgan fingerprint density at radius 3 is 3.04 bits per heavy atom. The summed E-state index contributed by atoms with van der Waals surface area (Å²) < 4.78 is 5.56. The molecule has 3 saturated heterocycles. The molecule has 138 valence electrons. The highest BCUT2D eigenvalue weighted by Crippen LogP contribution is 2.38. The minimum atomic E-state index is 0.231. The summed E-state index contributed by atoms with van der Waals surface area (Å²) in [6, 6.07) is 6.52. The smallest absolute Gasteiger partial charge is 0.227 e. The predicted molar refractivity (Wildman–Crippen MR) is 96.9 cm³/mol. The molecule has 4 aliphatic heterocycles. The van der Waals surface area contributed by atoms with Crippen molar-refractivity contribution in [3.05, 3.63) is 29.3 Å². The fraction of sp³-hybridized carbons (Fsp3) is 0.619. The minimum absolute atomic E-state index is 0.231. The van der Waals surface area contributed by atoms with Crippen LogP contribution in [0.3, 0.4) is 0 Å². The number of hydrogen-bond donors (Lipinski definition) is 0. The zero-order valence-electron chi connectivity index (χ0n) is 15.2. The predicted octanol–water partition coefficient (Wildman–Crippen LogP) is 2.02. The van der Waals surface area contributed by atoms with Gasteiger partial charge in [0.2, 0.25) is 11.8 Å². The molecule has 4 aliphatic rings. The molecule has 26 heavy (non-hydrogen) atoms. The number of piperidine rings is 3. The van der Waals surface area contributed by atoms with E-state index in [9.17, 15) is 9.59 Å². The summed E-state index contributed by atoms with van der Waals surface area (Å²) in [6.07, 6.45) is 5.41. The van der Waals surface area contributed by atoms with Gasteiger partial charge in [-0.2, -0.15) is 0 Å². The first-order chi connectivity index (χ1) is 12.7. The average molecular weight is 354 g/mol. The van der Waals surface area contributed by atoms with Crippen LogP contribution in [0.2, 0.25) is 0 Å². The minimum Gasteiger partial charge on any atom is -0.493 e. The van der Waals surface area contributed by atoms with Crippen LogP contribution in [0.4, 0.5) is 0 Å². The molecule has 0 unspecified atom stereocenters. The molecule has 1 aromatic carbocycles. The third kappa shape index (κ3) is 2.78. The van der Waals surface area contributed by atoms with Crippen LogP contribution in [0, 0.1) is 11.8 Å². The van der Waals surface area contributed by atoms with Crippen molar-refractivity contribution in [1.82, 2.24) is 9.80 Å².